The van der Waals surface area contributed by atoms with Gasteiger partial charge in [0.15, 0.2) is 0 Å². The highest BCUT2D eigenvalue weighted by Gasteiger charge is 2.29. The quantitative estimate of drug-likeness (QED) is 0.776. The first-order valence-electron chi connectivity index (χ1n) is 8.01. The molecule has 1 aliphatic heterocycles. The topological polar surface area (TPSA) is 80.1 Å². The molecule has 7 nitrogen and oxygen atoms in total. The highest BCUT2D eigenvalue weighted by Crippen LogP contribution is 2.32. The summed E-state index contributed by atoms with van der Waals surface area (Å²) in [6.07, 6.45) is 4.63. The van der Waals surface area contributed by atoms with Gasteiger partial charge in [-0.1, -0.05) is 12.1 Å². The number of likely N-dealkylation sites (tertiary alicyclic amines) is 1. The van der Waals surface area contributed by atoms with Gasteiger partial charge in [0.25, 0.3) is 5.89 Å². The second-order valence-corrected chi connectivity index (χ2v) is 5.90. The molecule has 7 heteroatoms. The van der Waals surface area contributed by atoms with Gasteiger partial charge >= 0.3 is 0 Å². The highest BCUT2D eigenvalue weighted by molar-refractivity contribution is 5.62. The van der Waals surface area contributed by atoms with Crippen molar-refractivity contribution in [3.63, 3.8) is 0 Å². The van der Waals surface area contributed by atoms with Gasteiger partial charge in [-0.05, 0) is 25.1 Å². The molecule has 0 saturated carbocycles. The number of hydrogen-bond acceptors (Lipinski definition) is 6. The largest absolute Gasteiger partial charge is 0.496 e. The highest BCUT2D eigenvalue weighted by atomic mass is 16.5. The first kappa shape index (κ1) is 14.9. The van der Waals surface area contributed by atoms with Gasteiger partial charge in [-0.25, -0.2) is 4.98 Å². The normalized spacial score (nSPS) is 18.1. The Labute approximate surface area is 139 Å². The number of imidazole rings is 1. The molecular formula is C17H19N5O2. The van der Waals surface area contributed by atoms with Crippen LogP contribution in [-0.4, -0.2) is 45.3 Å². The molecule has 3 heterocycles. The van der Waals surface area contributed by atoms with Crippen molar-refractivity contribution < 1.29 is 9.15 Å². The lowest BCUT2D eigenvalue weighted by Crippen LogP contribution is -2.20. The van der Waals surface area contributed by atoms with Crippen LogP contribution in [0.5, 0.6) is 5.75 Å². The monoisotopic (exact) mass is 325 g/mol. The standard InChI is InChI=1S/C17H19N5O2/c1-23-14-5-3-2-4-13(14)17-21-20-16(24-17)12-6-9-22(10-12)11-15-18-7-8-19-15/h2-5,7-8,12H,6,9-11H2,1H3,(H,18,19). The summed E-state index contributed by atoms with van der Waals surface area (Å²) in [5.41, 5.74) is 0.823. The fourth-order valence-corrected chi connectivity index (χ4v) is 3.10. The number of aromatic amines is 1. The van der Waals surface area contributed by atoms with E-state index in [9.17, 15) is 0 Å². The number of ether oxygens (including phenoxy) is 1. The van der Waals surface area contributed by atoms with E-state index in [-0.39, 0.29) is 5.92 Å². The summed E-state index contributed by atoms with van der Waals surface area (Å²) >= 11 is 0. The van der Waals surface area contributed by atoms with Crippen LogP contribution in [-0.2, 0) is 6.54 Å². The second kappa shape index (κ2) is 6.45. The summed E-state index contributed by atoms with van der Waals surface area (Å²) in [7, 11) is 1.64. The molecule has 1 N–H and O–H groups in total. The number of hydrogen-bond donors (Lipinski definition) is 1. The van der Waals surface area contributed by atoms with Crippen LogP contribution in [0.1, 0.15) is 24.1 Å². The van der Waals surface area contributed by atoms with E-state index in [0.29, 0.717) is 11.8 Å². The Morgan fingerprint density at radius 3 is 3.08 bits per heavy atom. The Kier molecular flexibility index (Phi) is 4.00. The number of benzene rings is 1. The predicted molar refractivity (Wildman–Crippen MR) is 87.5 cm³/mol. The SMILES string of the molecule is COc1ccccc1-c1nnc(C2CCN(Cc3ncc[nH]3)C2)o1. The number of H-pyrrole nitrogens is 1. The third-order valence-electron chi connectivity index (χ3n) is 4.33. The van der Waals surface area contributed by atoms with Crippen molar-refractivity contribution >= 4 is 0 Å². The third kappa shape index (κ3) is 2.90. The Morgan fingerprint density at radius 1 is 1.33 bits per heavy atom. The molecule has 1 fully saturated rings. The van der Waals surface area contributed by atoms with Crippen LogP contribution in [0.25, 0.3) is 11.5 Å². The van der Waals surface area contributed by atoms with Crippen molar-refractivity contribution in [3.8, 4) is 17.2 Å². The van der Waals surface area contributed by atoms with Gasteiger partial charge in [-0.15, -0.1) is 10.2 Å². The summed E-state index contributed by atoms with van der Waals surface area (Å²) in [5.74, 6) is 3.18. The molecule has 124 valence electrons. The molecule has 0 amide bonds. The maximum atomic E-state index is 5.93. The second-order valence-electron chi connectivity index (χ2n) is 5.90. The molecule has 1 saturated heterocycles. The lowest BCUT2D eigenvalue weighted by Gasteiger charge is -2.12. The lowest BCUT2D eigenvalue weighted by molar-refractivity contribution is 0.313. The molecule has 0 aliphatic carbocycles. The van der Waals surface area contributed by atoms with Crippen LogP contribution in [0, 0.1) is 0 Å². The zero-order valence-electron chi connectivity index (χ0n) is 13.5. The number of nitrogens with one attached hydrogen (secondary N) is 1. The summed E-state index contributed by atoms with van der Waals surface area (Å²) in [4.78, 5) is 9.76. The molecule has 1 aliphatic rings. The number of nitrogens with zero attached hydrogens (tertiary/aromatic N) is 4. The minimum atomic E-state index is 0.260. The van der Waals surface area contributed by atoms with Crippen LogP contribution < -0.4 is 4.74 Å². The van der Waals surface area contributed by atoms with E-state index in [2.05, 4.69) is 25.1 Å². The van der Waals surface area contributed by atoms with Gasteiger partial charge in [0, 0.05) is 18.9 Å². The molecule has 2 aromatic heterocycles. The van der Waals surface area contributed by atoms with E-state index in [4.69, 9.17) is 9.15 Å². The molecular weight excluding hydrogens is 306 g/mol. The van der Waals surface area contributed by atoms with Gasteiger partial charge in [-0.2, -0.15) is 0 Å². The van der Waals surface area contributed by atoms with Crippen LogP contribution >= 0.6 is 0 Å². The Bertz CT molecular complexity index is 799. The Morgan fingerprint density at radius 2 is 2.25 bits per heavy atom. The number of rotatable bonds is 5. The summed E-state index contributed by atoms with van der Waals surface area (Å²) in [6.45, 7) is 2.71. The molecule has 4 rings (SSSR count). The molecule has 1 unspecified atom stereocenters. The van der Waals surface area contributed by atoms with E-state index >= 15 is 0 Å². The number of aromatic nitrogens is 4. The number of methoxy groups -OCH3 is 1. The molecule has 0 radical (unpaired) electrons. The zero-order chi connectivity index (χ0) is 16.4. The van der Waals surface area contributed by atoms with Crippen LogP contribution in [0.4, 0.5) is 0 Å². The fourth-order valence-electron chi connectivity index (χ4n) is 3.10. The average Bonchev–Trinajstić information content (AvgIpc) is 3.36. The van der Waals surface area contributed by atoms with Crippen molar-refractivity contribution in [2.24, 2.45) is 0 Å². The van der Waals surface area contributed by atoms with Gasteiger partial charge in [0.2, 0.25) is 5.89 Å². The first-order chi connectivity index (χ1) is 11.8. The molecule has 0 spiro atoms. The van der Waals surface area contributed by atoms with Crippen LogP contribution in [0.15, 0.2) is 41.1 Å². The maximum absolute atomic E-state index is 5.93. The molecule has 1 atom stereocenters. The van der Waals surface area contributed by atoms with Gasteiger partial charge in [0.1, 0.15) is 11.6 Å². The van der Waals surface area contributed by atoms with Crippen molar-refractivity contribution in [1.29, 1.82) is 0 Å². The van der Waals surface area contributed by atoms with Crippen molar-refractivity contribution in [2.75, 3.05) is 20.2 Å². The zero-order valence-corrected chi connectivity index (χ0v) is 13.5. The Balaban J connectivity index is 1.47. The van der Waals surface area contributed by atoms with E-state index in [1.807, 2.05) is 30.5 Å². The van der Waals surface area contributed by atoms with E-state index < -0.39 is 0 Å². The van der Waals surface area contributed by atoms with E-state index in [1.54, 1.807) is 13.3 Å². The van der Waals surface area contributed by atoms with E-state index in [0.717, 1.165) is 43.2 Å². The number of para-hydroxylation sites is 1. The van der Waals surface area contributed by atoms with Gasteiger partial charge in [-0.3, -0.25) is 4.90 Å². The molecule has 24 heavy (non-hydrogen) atoms. The first-order valence-corrected chi connectivity index (χ1v) is 8.01. The minimum Gasteiger partial charge on any atom is -0.496 e. The van der Waals surface area contributed by atoms with Crippen molar-refractivity contribution in [1.82, 2.24) is 25.1 Å². The summed E-state index contributed by atoms with van der Waals surface area (Å²) < 4.78 is 11.3. The average molecular weight is 325 g/mol. The molecule has 1 aromatic carbocycles. The molecule has 3 aromatic rings. The summed E-state index contributed by atoms with van der Waals surface area (Å²) in [6, 6.07) is 7.67. The van der Waals surface area contributed by atoms with Gasteiger partial charge in [0.05, 0.1) is 25.1 Å². The smallest absolute Gasteiger partial charge is 0.251 e. The molecule has 0 bridgehead atoms. The van der Waals surface area contributed by atoms with E-state index in [1.165, 1.54) is 0 Å². The van der Waals surface area contributed by atoms with Crippen LogP contribution in [0.2, 0.25) is 0 Å². The van der Waals surface area contributed by atoms with Crippen molar-refractivity contribution in [2.45, 2.75) is 18.9 Å². The third-order valence-corrected chi connectivity index (χ3v) is 4.33. The predicted octanol–water partition coefficient (Wildman–Crippen LogP) is 2.46. The van der Waals surface area contributed by atoms with Crippen LogP contribution in [0.3, 0.4) is 0 Å². The van der Waals surface area contributed by atoms with Crippen molar-refractivity contribution in [3.05, 3.63) is 48.4 Å². The summed E-state index contributed by atoms with van der Waals surface area (Å²) in [5, 5.41) is 8.47. The Hall–Kier alpha value is -2.67. The maximum Gasteiger partial charge on any atom is 0.251 e. The fraction of sp³-hybridized carbons (Fsp3) is 0.353. The minimum absolute atomic E-state index is 0.260. The van der Waals surface area contributed by atoms with Gasteiger partial charge < -0.3 is 14.1 Å². The lowest BCUT2D eigenvalue weighted by atomic mass is 10.1.